The lowest BCUT2D eigenvalue weighted by Gasteiger charge is -2.14. The number of carbonyl (C=O) groups is 3. The maximum Gasteiger partial charge on any atom is 0.324 e. The molecule has 2 aromatic carbocycles. The molecule has 1 unspecified atom stereocenters. The van der Waals surface area contributed by atoms with Crippen LogP contribution in [0.1, 0.15) is 39.0 Å². The number of rotatable bonds is 9. The van der Waals surface area contributed by atoms with E-state index in [0.29, 0.717) is 17.0 Å². The minimum Gasteiger partial charge on any atom is -0.456 e. The lowest BCUT2D eigenvalue weighted by Crippen LogP contribution is -2.40. The number of amides is 1. The first-order valence-corrected chi connectivity index (χ1v) is 11.9. The van der Waals surface area contributed by atoms with Crippen molar-refractivity contribution in [3.8, 4) is 0 Å². The molecule has 9 nitrogen and oxygen atoms in total. The quantitative estimate of drug-likeness (QED) is 0.356. The molecule has 1 atom stereocenters. The first kappa shape index (κ1) is 24.9. The first-order chi connectivity index (χ1) is 16.1. The minimum absolute atomic E-state index is 0.00992. The number of Topliss-reactive ketones (excluding diaryl/α,β-unsaturated/α-hetero) is 1. The van der Waals surface area contributed by atoms with E-state index in [0.717, 1.165) is 0 Å². The van der Waals surface area contributed by atoms with Crippen molar-refractivity contribution in [3.05, 3.63) is 89.2 Å². The van der Waals surface area contributed by atoms with E-state index in [1.165, 1.54) is 23.7 Å². The lowest BCUT2D eigenvalue weighted by molar-refractivity contribution is -0.144. The smallest absolute Gasteiger partial charge is 0.324 e. The van der Waals surface area contributed by atoms with Crippen molar-refractivity contribution in [2.24, 2.45) is 0 Å². The van der Waals surface area contributed by atoms with Crippen molar-refractivity contribution in [1.29, 1.82) is 0 Å². The number of ketones is 1. The van der Waals surface area contributed by atoms with Gasteiger partial charge in [-0.2, -0.15) is 4.72 Å². The molecule has 2 N–H and O–H groups in total. The molecule has 0 saturated heterocycles. The number of aryl methyl sites for hydroxylation is 1. The van der Waals surface area contributed by atoms with Gasteiger partial charge in [-0.3, -0.25) is 24.5 Å². The molecule has 3 rings (SSSR count). The third kappa shape index (κ3) is 5.77. The van der Waals surface area contributed by atoms with Gasteiger partial charge in [-0.05, 0) is 51.1 Å². The minimum atomic E-state index is -3.92. The molecule has 1 heterocycles. The van der Waals surface area contributed by atoms with Crippen LogP contribution in [0.4, 0.5) is 0 Å². The fraction of sp³-hybridized carbons (Fsp3) is 0.208. The Bertz CT molecular complexity index is 1300. The van der Waals surface area contributed by atoms with E-state index in [4.69, 9.17) is 4.74 Å². The van der Waals surface area contributed by atoms with E-state index in [9.17, 15) is 22.8 Å². The summed E-state index contributed by atoms with van der Waals surface area (Å²) < 4.78 is 33.5. The van der Waals surface area contributed by atoms with Crippen molar-refractivity contribution < 1.29 is 27.5 Å². The van der Waals surface area contributed by atoms with E-state index in [-0.39, 0.29) is 16.4 Å². The maximum absolute atomic E-state index is 12.7. The third-order valence-electron chi connectivity index (χ3n) is 5.07. The molecule has 0 spiro atoms. The molecule has 0 aliphatic heterocycles. The zero-order valence-electron chi connectivity index (χ0n) is 18.9. The van der Waals surface area contributed by atoms with Crippen LogP contribution in [0.5, 0.6) is 0 Å². The molecule has 0 aliphatic rings. The molecular formula is C24H25N3O6S. The Morgan fingerprint density at radius 1 is 0.971 bits per heavy atom. The number of benzene rings is 2. The van der Waals surface area contributed by atoms with Gasteiger partial charge in [-0.25, -0.2) is 8.42 Å². The summed E-state index contributed by atoms with van der Waals surface area (Å²) in [6.45, 7) is 4.14. The van der Waals surface area contributed by atoms with E-state index in [1.54, 1.807) is 68.4 Å². The molecule has 0 radical (unpaired) electrons. The van der Waals surface area contributed by atoms with Gasteiger partial charge in [0.15, 0.2) is 6.61 Å². The molecule has 0 aliphatic carbocycles. The molecule has 0 fully saturated rings. The van der Waals surface area contributed by atoms with E-state index < -0.39 is 34.4 Å². The second kappa shape index (κ2) is 10.4. The van der Waals surface area contributed by atoms with Crippen molar-refractivity contribution in [1.82, 2.24) is 9.40 Å². The Kier molecular flexibility index (Phi) is 7.64. The Labute approximate surface area is 197 Å². The molecule has 1 amide bonds. The molecule has 0 bridgehead atoms. The van der Waals surface area contributed by atoms with Crippen LogP contribution < -0.4 is 10.1 Å². The molecule has 3 aromatic rings. The second-order valence-corrected chi connectivity index (χ2v) is 9.33. The number of hydrogen-bond acceptors (Lipinski definition) is 6. The monoisotopic (exact) mass is 483 g/mol. The van der Waals surface area contributed by atoms with Gasteiger partial charge in [0.1, 0.15) is 6.04 Å². The Morgan fingerprint density at radius 2 is 1.56 bits per heavy atom. The van der Waals surface area contributed by atoms with Gasteiger partial charge >= 0.3 is 5.97 Å². The molecule has 0 saturated carbocycles. The van der Waals surface area contributed by atoms with Crippen LogP contribution in [0.2, 0.25) is 0 Å². The summed E-state index contributed by atoms with van der Waals surface area (Å²) in [6, 6.07) is 16.6. The van der Waals surface area contributed by atoms with Gasteiger partial charge in [0.05, 0.1) is 4.90 Å². The van der Waals surface area contributed by atoms with Gasteiger partial charge in [-0.1, -0.05) is 36.4 Å². The SMILES string of the molecule is Cc1cc(C(=O)COC(=O)C(C)NS(=O)(=O)c2ccccc2)c(C)n1NC(=O)c1ccccc1. The fourth-order valence-electron chi connectivity index (χ4n) is 3.26. The topological polar surface area (TPSA) is 124 Å². The highest BCUT2D eigenvalue weighted by Gasteiger charge is 2.25. The van der Waals surface area contributed by atoms with Gasteiger partial charge in [0.2, 0.25) is 15.8 Å². The number of carbonyl (C=O) groups excluding carboxylic acids is 3. The Balaban J connectivity index is 1.62. The largest absolute Gasteiger partial charge is 0.456 e. The molecule has 1 aromatic heterocycles. The number of nitrogens with zero attached hydrogens (tertiary/aromatic N) is 1. The summed E-state index contributed by atoms with van der Waals surface area (Å²) in [5.41, 5.74) is 4.56. The summed E-state index contributed by atoms with van der Waals surface area (Å²) in [5, 5.41) is 0. The van der Waals surface area contributed by atoms with Crippen molar-refractivity contribution >= 4 is 27.7 Å². The van der Waals surface area contributed by atoms with Crippen LogP contribution in [0.25, 0.3) is 0 Å². The van der Waals surface area contributed by atoms with E-state index in [2.05, 4.69) is 10.1 Å². The highest BCUT2D eigenvalue weighted by molar-refractivity contribution is 7.89. The molecule has 10 heteroatoms. The Hall–Kier alpha value is -3.76. The van der Waals surface area contributed by atoms with Crippen LogP contribution in [-0.4, -0.2) is 43.4 Å². The van der Waals surface area contributed by atoms with Gasteiger partial charge < -0.3 is 4.74 Å². The number of esters is 1. The lowest BCUT2D eigenvalue weighted by atomic mass is 10.1. The molecule has 34 heavy (non-hydrogen) atoms. The highest BCUT2D eigenvalue weighted by atomic mass is 32.2. The highest BCUT2D eigenvalue weighted by Crippen LogP contribution is 2.15. The van der Waals surface area contributed by atoms with Gasteiger partial charge in [0.25, 0.3) is 5.91 Å². The maximum atomic E-state index is 12.7. The van der Waals surface area contributed by atoms with Crippen LogP contribution in [0.3, 0.4) is 0 Å². The number of nitrogens with one attached hydrogen (secondary N) is 2. The van der Waals surface area contributed by atoms with Crippen molar-refractivity contribution in [2.75, 3.05) is 12.0 Å². The van der Waals surface area contributed by atoms with E-state index in [1.807, 2.05) is 0 Å². The van der Waals surface area contributed by atoms with Crippen LogP contribution in [-0.2, 0) is 19.6 Å². The van der Waals surface area contributed by atoms with E-state index >= 15 is 0 Å². The number of aromatic nitrogens is 1. The number of sulfonamides is 1. The van der Waals surface area contributed by atoms with Gasteiger partial charge in [0, 0.05) is 22.5 Å². The summed E-state index contributed by atoms with van der Waals surface area (Å²) in [5.74, 6) is -1.72. The summed E-state index contributed by atoms with van der Waals surface area (Å²) in [4.78, 5) is 37.4. The summed E-state index contributed by atoms with van der Waals surface area (Å²) >= 11 is 0. The summed E-state index contributed by atoms with van der Waals surface area (Å²) in [7, 11) is -3.92. The van der Waals surface area contributed by atoms with Crippen molar-refractivity contribution in [3.63, 3.8) is 0 Å². The summed E-state index contributed by atoms with van der Waals surface area (Å²) in [6.07, 6.45) is 0. The number of hydrogen-bond donors (Lipinski definition) is 2. The molecule has 178 valence electrons. The standard InChI is InChI=1S/C24H25N3O6S/c1-16-14-21(18(3)27(16)25-23(29)19-10-6-4-7-11-19)22(28)15-33-24(30)17(2)26-34(31,32)20-12-8-5-9-13-20/h4-14,17,26H,15H2,1-3H3,(H,25,29). The van der Waals surface area contributed by atoms with Crippen LogP contribution in [0.15, 0.2) is 71.6 Å². The molecular weight excluding hydrogens is 458 g/mol. The first-order valence-electron chi connectivity index (χ1n) is 10.4. The average Bonchev–Trinajstić information content (AvgIpc) is 3.11. The zero-order valence-corrected chi connectivity index (χ0v) is 19.8. The third-order valence-corrected chi connectivity index (χ3v) is 6.62. The second-order valence-electron chi connectivity index (χ2n) is 7.61. The average molecular weight is 484 g/mol. The predicted octanol–water partition coefficient (Wildman–Crippen LogP) is 2.58. The fourth-order valence-corrected chi connectivity index (χ4v) is 4.47. The zero-order chi connectivity index (χ0) is 24.9. The van der Waals surface area contributed by atoms with Crippen molar-refractivity contribution in [2.45, 2.75) is 31.7 Å². The van der Waals surface area contributed by atoms with Crippen LogP contribution >= 0.6 is 0 Å². The van der Waals surface area contributed by atoms with Crippen LogP contribution in [0, 0.1) is 13.8 Å². The van der Waals surface area contributed by atoms with Gasteiger partial charge in [-0.15, -0.1) is 0 Å². The number of ether oxygens (including phenoxy) is 1. The normalized spacial score (nSPS) is 12.1. The Morgan fingerprint density at radius 3 is 2.18 bits per heavy atom. The predicted molar refractivity (Wildman–Crippen MR) is 126 cm³/mol.